The van der Waals surface area contributed by atoms with Gasteiger partial charge in [-0.25, -0.2) is 4.98 Å². The number of nitrogens with zero attached hydrogens (tertiary/aromatic N) is 1. The summed E-state index contributed by atoms with van der Waals surface area (Å²) in [6, 6.07) is 13.3. The summed E-state index contributed by atoms with van der Waals surface area (Å²) < 4.78 is 5.65. The van der Waals surface area contributed by atoms with Gasteiger partial charge < -0.3 is 20.8 Å². The van der Waals surface area contributed by atoms with Crippen molar-refractivity contribution in [3.05, 3.63) is 58.6 Å². The normalized spacial score (nSPS) is 13.9. The number of halogens is 1. The van der Waals surface area contributed by atoms with Crippen molar-refractivity contribution in [2.45, 2.75) is 39.8 Å². The van der Waals surface area contributed by atoms with E-state index >= 15 is 0 Å². The van der Waals surface area contributed by atoms with Crippen molar-refractivity contribution in [3.8, 4) is 0 Å². The van der Waals surface area contributed by atoms with Crippen molar-refractivity contribution in [2.24, 2.45) is 11.1 Å². The number of carbonyl (C=O) groups is 1. The second-order valence-corrected chi connectivity index (χ2v) is 8.83. The van der Waals surface area contributed by atoms with Gasteiger partial charge >= 0.3 is 5.97 Å². The number of aromatic nitrogens is 2. The fourth-order valence-electron chi connectivity index (χ4n) is 3.03. The summed E-state index contributed by atoms with van der Waals surface area (Å²) in [4.78, 5) is 20.3. The lowest BCUT2D eigenvalue weighted by Crippen LogP contribution is -2.39. The molecular weight excluding hydrogens is 388 g/mol. The molecule has 0 spiro atoms. The average molecular weight is 415 g/mol. The van der Waals surface area contributed by atoms with E-state index < -0.39 is 11.0 Å². The molecule has 0 amide bonds. The molecule has 1 atom stereocenters. The molecule has 0 aliphatic rings. The number of anilines is 1. The molecule has 3 aromatic rings. The number of esters is 1. The summed E-state index contributed by atoms with van der Waals surface area (Å²) in [6.45, 7) is 7.96. The maximum atomic E-state index is 12.4. The van der Waals surface area contributed by atoms with E-state index in [0.29, 0.717) is 17.5 Å². The first-order chi connectivity index (χ1) is 13.6. The molecule has 0 saturated carbocycles. The van der Waals surface area contributed by atoms with Crippen LogP contribution in [0.15, 0.2) is 42.5 Å². The monoisotopic (exact) mass is 414 g/mol. The maximum Gasteiger partial charge on any atom is 0.311 e. The average Bonchev–Trinajstić information content (AvgIpc) is 3.07. The van der Waals surface area contributed by atoms with Crippen LogP contribution in [0.4, 0.5) is 5.95 Å². The third kappa shape index (κ3) is 4.71. The minimum Gasteiger partial charge on any atom is -0.462 e. The number of carbonyl (C=O) groups excluding carboxylic acids is 1. The highest BCUT2D eigenvalue weighted by atomic mass is 35.5. The number of hydrogen-bond donors (Lipinski definition) is 3. The second kappa shape index (κ2) is 8.05. The van der Waals surface area contributed by atoms with E-state index in [-0.39, 0.29) is 12.6 Å². The van der Waals surface area contributed by atoms with E-state index in [1.807, 2.05) is 64.1 Å². The number of nitrogens with one attached hydrogen (secondary N) is 2. The predicted molar refractivity (Wildman–Crippen MR) is 117 cm³/mol. The highest BCUT2D eigenvalue weighted by Gasteiger charge is 2.32. The van der Waals surface area contributed by atoms with Gasteiger partial charge in [-0.05, 0) is 57.0 Å². The lowest BCUT2D eigenvalue weighted by atomic mass is 9.92. The van der Waals surface area contributed by atoms with Crippen LogP contribution in [0.1, 0.15) is 38.8 Å². The lowest BCUT2D eigenvalue weighted by Gasteiger charge is -2.32. The van der Waals surface area contributed by atoms with Crippen LogP contribution in [0.2, 0.25) is 5.02 Å². The Morgan fingerprint density at radius 3 is 2.59 bits per heavy atom. The molecule has 0 radical (unpaired) electrons. The zero-order valence-corrected chi connectivity index (χ0v) is 17.9. The Morgan fingerprint density at radius 1 is 1.21 bits per heavy atom. The molecule has 29 heavy (non-hydrogen) atoms. The Kier molecular flexibility index (Phi) is 5.87. The van der Waals surface area contributed by atoms with Crippen LogP contribution >= 0.6 is 11.6 Å². The molecule has 2 aromatic carbocycles. The molecule has 0 saturated heterocycles. The van der Waals surface area contributed by atoms with Crippen molar-refractivity contribution < 1.29 is 9.53 Å². The number of ether oxygens (including phenoxy) is 1. The third-order valence-corrected chi connectivity index (χ3v) is 5.02. The van der Waals surface area contributed by atoms with Crippen LogP contribution in [0.3, 0.4) is 0 Å². The number of imidazole rings is 1. The number of hydrogen-bond acceptors (Lipinski definition) is 5. The van der Waals surface area contributed by atoms with Crippen LogP contribution in [0.25, 0.3) is 11.0 Å². The van der Waals surface area contributed by atoms with Crippen LogP contribution in [0, 0.1) is 5.41 Å². The number of fused-ring (bicyclic) bond motifs is 1. The molecule has 1 unspecified atom stereocenters. The first-order valence-corrected chi connectivity index (χ1v) is 9.89. The Labute approximate surface area is 175 Å². The van der Waals surface area contributed by atoms with E-state index in [9.17, 15) is 4.79 Å². The number of rotatable bonds is 6. The highest BCUT2D eigenvalue weighted by Crippen LogP contribution is 2.30. The highest BCUT2D eigenvalue weighted by molar-refractivity contribution is 6.30. The number of nitrogens with two attached hydrogens (primary N) is 1. The molecule has 3 rings (SSSR count). The molecule has 4 N–H and O–H groups in total. The Hall–Kier alpha value is -2.57. The third-order valence-electron chi connectivity index (χ3n) is 4.78. The van der Waals surface area contributed by atoms with Crippen LogP contribution in [-0.4, -0.2) is 22.5 Å². The number of aromatic amines is 1. The van der Waals surface area contributed by atoms with E-state index in [4.69, 9.17) is 22.1 Å². The zero-order valence-electron chi connectivity index (χ0n) is 17.2. The molecule has 0 aliphatic carbocycles. The molecule has 0 aliphatic heterocycles. The smallest absolute Gasteiger partial charge is 0.311 e. The van der Waals surface area contributed by atoms with Crippen molar-refractivity contribution in [1.29, 1.82) is 0 Å². The molecular formula is C22H27ClN4O2. The Balaban J connectivity index is 1.96. The summed E-state index contributed by atoms with van der Waals surface area (Å²) in [6.07, 6.45) is 0. The zero-order chi connectivity index (χ0) is 21.2. The van der Waals surface area contributed by atoms with Crippen molar-refractivity contribution in [1.82, 2.24) is 9.97 Å². The van der Waals surface area contributed by atoms with Gasteiger partial charge in [0.25, 0.3) is 0 Å². The lowest BCUT2D eigenvalue weighted by molar-refractivity contribution is -0.154. The summed E-state index contributed by atoms with van der Waals surface area (Å²) >= 11 is 6.22. The molecule has 1 aromatic heterocycles. The SMILES string of the molecule is CC(C)(C)C(=O)OCC(C)(Nc1nc2cccc(CN)c2[nH]1)c1cccc(Cl)c1. The van der Waals surface area contributed by atoms with E-state index in [1.54, 1.807) is 6.07 Å². The van der Waals surface area contributed by atoms with Crippen LogP contribution in [-0.2, 0) is 21.6 Å². The van der Waals surface area contributed by atoms with Gasteiger partial charge in [0.15, 0.2) is 0 Å². The van der Waals surface area contributed by atoms with Crippen molar-refractivity contribution in [2.75, 3.05) is 11.9 Å². The summed E-state index contributed by atoms with van der Waals surface area (Å²) in [5.41, 5.74) is 8.06. The first-order valence-electron chi connectivity index (χ1n) is 9.51. The van der Waals surface area contributed by atoms with Gasteiger partial charge in [-0.3, -0.25) is 4.79 Å². The quantitative estimate of drug-likeness (QED) is 0.513. The predicted octanol–water partition coefficient (Wildman–Crippen LogP) is 4.59. The summed E-state index contributed by atoms with van der Waals surface area (Å²) in [7, 11) is 0. The van der Waals surface area contributed by atoms with Crippen molar-refractivity contribution in [3.63, 3.8) is 0 Å². The molecule has 0 bridgehead atoms. The number of benzene rings is 2. The van der Waals surface area contributed by atoms with Gasteiger partial charge in [-0.2, -0.15) is 0 Å². The minimum atomic E-state index is -0.747. The largest absolute Gasteiger partial charge is 0.462 e. The maximum absolute atomic E-state index is 12.4. The molecule has 154 valence electrons. The van der Waals surface area contributed by atoms with Crippen molar-refractivity contribution >= 4 is 34.6 Å². The topological polar surface area (TPSA) is 93.0 Å². The molecule has 1 heterocycles. The minimum absolute atomic E-state index is 0.115. The fraction of sp³-hybridized carbons (Fsp3) is 0.364. The Morgan fingerprint density at radius 2 is 1.93 bits per heavy atom. The molecule has 7 heteroatoms. The van der Waals surface area contributed by atoms with Crippen LogP contribution in [0.5, 0.6) is 0 Å². The number of para-hydroxylation sites is 1. The van der Waals surface area contributed by atoms with Gasteiger partial charge in [0.05, 0.1) is 22.0 Å². The second-order valence-electron chi connectivity index (χ2n) is 8.39. The van der Waals surface area contributed by atoms with Crippen LogP contribution < -0.4 is 11.1 Å². The summed E-state index contributed by atoms with van der Waals surface area (Å²) in [5, 5.41) is 4.01. The van der Waals surface area contributed by atoms with Gasteiger partial charge in [0, 0.05) is 11.6 Å². The van der Waals surface area contributed by atoms with E-state index in [0.717, 1.165) is 22.2 Å². The van der Waals surface area contributed by atoms with Gasteiger partial charge in [0.2, 0.25) is 5.95 Å². The standard InChI is InChI=1S/C22H27ClN4O2/c1-21(2,3)19(28)29-13-22(4,15-8-6-9-16(23)11-15)27-20-25-17-10-5-7-14(12-24)18(17)26-20/h5-11H,12-13,24H2,1-4H3,(H2,25,26,27). The van der Waals surface area contributed by atoms with Gasteiger partial charge in [0.1, 0.15) is 6.61 Å². The van der Waals surface area contributed by atoms with Gasteiger partial charge in [-0.15, -0.1) is 0 Å². The fourth-order valence-corrected chi connectivity index (χ4v) is 3.22. The van der Waals surface area contributed by atoms with E-state index in [1.165, 1.54) is 0 Å². The van der Waals surface area contributed by atoms with E-state index in [2.05, 4.69) is 15.3 Å². The molecule has 0 fully saturated rings. The number of H-pyrrole nitrogens is 1. The molecule has 6 nitrogen and oxygen atoms in total. The van der Waals surface area contributed by atoms with Gasteiger partial charge in [-0.1, -0.05) is 35.9 Å². The first kappa shape index (κ1) is 21.1. The Bertz CT molecular complexity index is 1030. The summed E-state index contributed by atoms with van der Waals surface area (Å²) in [5.74, 6) is 0.290.